The Kier molecular flexibility index (Phi) is 4.69. The molecule has 4 heteroatoms. The van der Waals surface area contributed by atoms with Gasteiger partial charge in [-0.05, 0) is 47.1 Å². The molecule has 1 saturated heterocycles. The zero-order valence-corrected chi connectivity index (χ0v) is 11.3. The number of carbonyl (C=O) groups excluding carboxylic acids is 2. The molecule has 1 aliphatic heterocycles. The number of amides is 1. The fourth-order valence-electron chi connectivity index (χ4n) is 2.14. The molecular formula is C13H24N2O2. The minimum Gasteiger partial charge on any atom is -0.350 e. The number of rotatable bonds is 3. The van der Waals surface area contributed by atoms with Crippen molar-refractivity contribution in [3.05, 3.63) is 0 Å². The van der Waals surface area contributed by atoms with Crippen LogP contribution in [0.5, 0.6) is 0 Å². The predicted molar refractivity (Wildman–Crippen MR) is 67.7 cm³/mol. The number of nitrogens with zero attached hydrogens (tertiary/aromatic N) is 1. The van der Waals surface area contributed by atoms with Crippen molar-refractivity contribution in [2.75, 3.05) is 13.1 Å². The molecule has 0 spiro atoms. The Labute approximate surface area is 104 Å². The SMILES string of the molecule is CC(C(=O)NC(C)(C)C)N1CCCC(C=O)C1. The highest BCUT2D eigenvalue weighted by molar-refractivity contribution is 5.82. The lowest BCUT2D eigenvalue weighted by Crippen LogP contribution is -2.53. The predicted octanol–water partition coefficient (Wildman–Crippen LogP) is 1.20. The van der Waals surface area contributed by atoms with Crippen LogP contribution in [-0.4, -0.2) is 41.8 Å². The zero-order chi connectivity index (χ0) is 13.1. The van der Waals surface area contributed by atoms with Crippen LogP contribution in [0.25, 0.3) is 0 Å². The van der Waals surface area contributed by atoms with Crippen LogP contribution in [0.3, 0.4) is 0 Å². The molecule has 1 aliphatic rings. The summed E-state index contributed by atoms with van der Waals surface area (Å²) in [7, 11) is 0. The van der Waals surface area contributed by atoms with Crippen LogP contribution in [0.15, 0.2) is 0 Å². The highest BCUT2D eigenvalue weighted by atomic mass is 16.2. The minimum atomic E-state index is -0.203. The summed E-state index contributed by atoms with van der Waals surface area (Å²) in [6, 6.07) is -0.156. The lowest BCUT2D eigenvalue weighted by atomic mass is 9.98. The summed E-state index contributed by atoms with van der Waals surface area (Å²) in [6.45, 7) is 9.45. The van der Waals surface area contributed by atoms with Gasteiger partial charge in [0, 0.05) is 18.0 Å². The van der Waals surface area contributed by atoms with E-state index in [0.717, 1.165) is 25.7 Å². The standard InChI is InChI=1S/C13H24N2O2/c1-10(12(17)14-13(2,3)4)15-7-5-6-11(8-15)9-16/h9-11H,5-8H2,1-4H3,(H,14,17). The van der Waals surface area contributed by atoms with E-state index >= 15 is 0 Å². The molecular weight excluding hydrogens is 216 g/mol. The first kappa shape index (κ1) is 14.2. The molecule has 17 heavy (non-hydrogen) atoms. The molecule has 2 unspecified atom stereocenters. The van der Waals surface area contributed by atoms with Gasteiger partial charge in [-0.15, -0.1) is 0 Å². The zero-order valence-electron chi connectivity index (χ0n) is 11.3. The van der Waals surface area contributed by atoms with Crippen molar-refractivity contribution in [2.45, 2.75) is 52.1 Å². The van der Waals surface area contributed by atoms with E-state index in [9.17, 15) is 9.59 Å². The Morgan fingerprint density at radius 2 is 2.12 bits per heavy atom. The Bertz CT molecular complexity index is 284. The van der Waals surface area contributed by atoms with Crippen LogP contribution in [-0.2, 0) is 9.59 Å². The lowest BCUT2D eigenvalue weighted by Gasteiger charge is -2.35. The summed E-state index contributed by atoms with van der Waals surface area (Å²) in [5.41, 5.74) is -0.203. The Balaban J connectivity index is 2.54. The average molecular weight is 240 g/mol. The van der Waals surface area contributed by atoms with Gasteiger partial charge in [-0.25, -0.2) is 0 Å². The van der Waals surface area contributed by atoms with E-state index in [2.05, 4.69) is 10.2 Å². The van der Waals surface area contributed by atoms with Gasteiger partial charge >= 0.3 is 0 Å². The number of aldehydes is 1. The number of nitrogens with one attached hydrogen (secondary N) is 1. The first-order valence-electron chi connectivity index (χ1n) is 6.35. The maximum absolute atomic E-state index is 12.0. The highest BCUT2D eigenvalue weighted by Gasteiger charge is 2.28. The smallest absolute Gasteiger partial charge is 0.237 e. The van der Waals surface area contributed by atoms with Gasteiger partial charge in [0.25, 0.3) is 0 Å². The number of hydrogen-bond acceptors (Lipinski definition) is 3. The van der Waals surface area contributed by atoms with Gasteiger partial charge in [-0.3, -0.25) is 9.69 Å². The average Bonchev–Trinajstić information content (AvgIpc) is 2.26. The van der Waals surface area contributed by atoms with Gasteiger partial charge in [-0.2, -0.15) is 0 Å². The van der Waals surface area contributed by atoms with Crippen molar-refractivity contribution in [3.8, 4) is 0 Å². The van der Waals surface area contributed by atoms with Crippen LogP contribution in [0.1, 0.15) is 40.5 Å². The molecule has 4 nitrogen and oxygen atoms in total. The van der Waals surface area contributed by atoms with E-state index in [1.807, 2.05) is 27.7 Å². The highest BCUT2D eigenvalue weighted by Crippen LogP contribution is 2.17. The van der Waals surface area contributed by atoms with Crippen LogP contribution >= 0.6 is 0 Å². The monoisotopic (exact) mass is 240 g/mol. The van der Waals surface area contributed by atoms with E-state index in [1.54, 1.807) is 0 Å². The summed E-state index contributed by atoms with van der Waals surface area (Å²) in [4.78, 5) is 24.9. The van der Waals surface area contributed by atoms with E-state index < -0.39 is 0 Å². The van der Waals surface area contributed by atoms with Gasteiger partial charge in [-0.1, -0.05) is 0 Å². The number of carbonyl (C=O) groups is 2. The second-order valence-corrected chi connectivity index (χ2v) is 5.95. The van der Waals surface area contributed by atoms with Crippen LogP contribution < -0.4 is 5.32 Å². The normalized spacial score (nSPS) is 24.1. The summed E-state index contributed by atoms with van der Waals surface area (Å²) in [5.74, 6) is 0.137. The molecule has 0 aromatic heterocycles. The van der Waals surface area contributed by atoms with Gasteiger partial charge in [0.05, 0.1) is 6.04 Å². The van der Waals surface area contributed by atoms with Gasteiger partial charge in [0.15, 0.2) is 0 Å². The molecule has 1 N–H and O–H groups in total. The van der Waals surface area contributed by atoms with Crippen LogP contribution in [0.2, 0.25) is 0 Å². The number of likely N-dealkylation sites (tertiary alicyclic amines) is 1. The van der Waals surface area contributed by atoms with Crippen LogP contribution in [0.4, 0.5) is 0 Å². The van der Waals surface area contributed by atoms with E-state index in [-0.39, 0.29) is 23.4 Å². The van der Waals surface area contributed by atoms with Crippen molar-refractivity contribution in [1.29, 1.82) is 0 Å². The minimum absolute atomic E-state index is 0.0454. The van der Waals surface area contributed by atoms with Gasteiger partial charge in [0.2, 0.25) is 5.91 Å². The molecule has 1 heterocycles. The van der Waals surface area contributed by atoms with Crippen molar-refractivity contribution < 1.29 is 9.59 Å². The topological polar surface area (TPSA) is 49.4 Å². The summed E-state index contributed by atoms with van der Waals surface area (Å²) < 4.78 is 0. The van der Waals surface area contributed by atoms with E-state index in [1.165, 1.54) is 0 Å². The molecule has 0 bridgehead atoms. The second-order valence-electron chi connectivity index (χ2n) is 5.95. The summed E-state index contributed by atoms with van der Waals surface area (Å²) in [6.07, 6.45) is 2.96. The number of piperidine rings is 1. The Morgan fingerprint density at radius 3 is 2.65 bits per heavy atom. The molecule has 0 aromatic carbocycles. The van der Waals surface area contributed by atoms with Crippen molar-refractivity contribution in [3.63, 3.8) is 0 Å². The van der Waals surface area contributed by atoms with Crippen molar-refractivity contribution >= 4 is 12.2 Å². The summed E-state index contributed by atoms with van der Waals surface area (Å²) in [5, 5.41) is 2.98. The quantitative estimate of drug-likeness (QED) is 0.754. The number of hydrogen-bond donors (Lipinski definition) is 1. The maximum atomic E-state index is 12.0. The molecule has 1 rings (SSSR count). The van der Waals surface area contributed by atoms with E-state index in [0.29, 0.717) is 6.54 Å². The fourth-order valence-corrected chi connectivity index (χ4v) is 2.14. The third kappa shape index (κ3) is 4.46. The molecule has 0 aromatic rings. The molecule has 0 aliphatic carbocycles. The largest absolute Gasteiger partial charge is 0.350 e. The maximum Gasteiger partial charge on any atom is 0.237 e. The fraction of sp³-hybridized carbons (Fsp3) is 0.846. The van der Waals surface area contributed by atoms with Crippen LogP contribution in [0, 0.1) is 5.92 Å². The first-order chi connectivity index (χ1) is 7.83. The lowest BCUT2D eigenvalue weighted by molar-refractivity contribution is -0.129. The molecule has 0 radical (unpaired) electrons. The Morgan fingerprint density at radius 1 is 1.47 bits per heavy atom. The molecule has 2 atom stereocenters. The molecule has 1 fully saturated rings. The van der Waals surface area contributed by atoms with Gasteiger partial charge < -0.3 is 10.1 Å². The third-order valence-corrected chi connectivity index (χ3v) is 3.11. The second kappa shape index (κ2) is 5.63. The summed E-state index contributed by atoms with van der Waals surface area (Å²) >= 11 is 0. The molecule has 0 saturated carbocycles. The first-order valence-corrected chi connectivity index (χ1v) is 6.35. The third-order valence-electron chi connectivity index (χ3n) is 3.11. The van der Waals surface area contributed by atoms with Crippen molar-refractivity contribution in [1.82, 2.24) is 10.2 Å². The molecule has 1 amide bonds. The van der Waals surface area contributed by atoms with E-state index in [4.69, 9.17) is 0 Å². The Hall–Kier alpha value is -0.900. The molecule has 98 valence electrons. The van der Waals surface area contributed by atoms with Crippen molar-refractivity contribution in [2.24, 2.45) is 5.92 Å². The van der Waals surface area contributed by atoms with Gasteiger partial charge in [0.1, 0.15) is 6.29 Å².